The maximum absolute atomic E-state index is 10.8. The highest BCUT2D eigenvalue weighted by Crippen LogP contribution is 2.13. The molecule has 1 aromatic carbocycles. The van der Waals surface area contributed by atoms with E-state index in [1.807, 2.05) is 0 Å². The van der Waals surface area contributed by atoms with Gasteiger partial charge < -0.3 is 10.4 Å². The molecule has 0 radical (unpaired) electrons. The van der Waals surface area contributed by atoms with E-state index in [1.54, 1.807) is 24.3 Å². The summed E-state index contributed by atoms with van der Waals surface area (Å²) in [5.41, 5.74) is 1.13. The normalized spacial score (nSPS) is 11.9. The Balaban J connectivity index is 2.23. The SMILES string of the molecule is CCCCCCCC(CCNc1ccc(C(=O)O)cc1)N=O. The van der Waals surface area contributed by atoms with Gasteiger partial charge in [-0.05, 0) is 37.1 Å². The predicted octanol–water partition coefficient (Wildman–Crippen LogP) is 4.68. The van der Waals surface area contributed by atoms with Crippen molar-refractivity contribution in [2.24, 2.45) is 5.18 Å². The number of anilines is 1. The summed E-state index contributed by atoms with van der Waals surface area (Å²) in [6, 6.07) is 6.46. The quantitative estimate of drug-likeness (QED) is 0.434. The van der Waals surface area contributed by atoms with Crippen molar-refractivity contribution in [1.29, 1.82) is 0 Å². The third-order valence-electron chi connectivity index (χ3n) is 3.73. The van der Waals surface area contributed by atoms with Gasteiger partial charge in [0.05, 0.1) is 11.6 Å². The fourth-order valence-corrected chi connectivity index (χ4v) is 2.35. The molecule has 22 heavy (non-hydrogen) atoms. The Bertz CT molecular complexity index is 446. The first-order valence-corrected chi connectivity index (χ1v) is 8.07. The average Bonchev–Trinajstić information content (AvgIpc) is 2.53. The Morgan fingerprint density at radius 2 is 1.82 bits per heavy atom. The summed E-state index contributed by atoms with van der Waals surface area (Å²) in [6.45, 7) is 2.85. The first kappa shape index (κ1) is 18.1. The molecule has 0 spiro atoms. The fraction of sp³-hybridized carbons (Fsp3) is 0.588. The van der Waals surface area contributed by atoms with Crippen LogP contribution in [-0.2, 0) is 0 Å². The largest absolute Gasteiger partial charge is 0.478 e. The lowest BCUT2D eigenvalue weighted by Gasteiger charge is -2.11. The van der Waals surface area contributed by atoms with E-state index in [1.165, 1.54) is 25.7 Å². The molecule has 0 aromatic heterocycles. The van der Waals surface area contributed by atoms with Crippen molar-refractivity contribution in [3.8, 4) is 0 Å². The number of nitrogens with one attached hydrogen (secondary N) is 1. The molecule has 5 heteroatoms. The van der Waals surface area contributed by atoms with E-state index >= 15 is 0 Å². The Morgan fingerprint density at radius 1 is 1.14 bits per heavy atom. The van der Waals surface area contributed by atoms with Crippen LogP contribution in [0.2, 0.25) is 0 Å². The van der Waals surface area contributed by atoms with Gasteiger partial charge in [0.1, 0.15) is 0 Å². The topological polar surface area (TPSA) is 78.8 Å². The van der Waals surface area contributed by atoms with Gasteiger partial charge in [0.15, 0.2) is 0 Å². The predicted molar refractivity (Wildman–Crippen MR) is 89.5 cm³/mol. The summed E-state index contributed by atoms with van der Waals surface area (Å²) in [6.07, 6.45) is 7.50. The third-order valence-corrected chi connectivity index (χ3v) is 3.73. The molecule has 0 bridgehead atoms. The van der Waals surface area contributed by atoms with Gasteiger partial charge in [0.25, 0.3) is 0 Å². The minimum atomic E-state index is -0.931. The lowest BCUT2D eigenvalue weighted by atomic mass is 10.0. The second-order valence-electron chi connectivity index (χ2n) is 5.56. The summed E-state index contributed by atoms with van der Waals surface area (Å²) in [7, 11) is 0. The third kappa shape index (κ3) is 7.20. The molecule has 0 aliphatic carbocycles. The Labute approximate surface area is 132 Å². The zero-order valence-corrected chi connectivity index (χ0v) is 13.3. The molecule has 122 valence electrons. The van der Waals surface area contributed by atoms with Gasteiger partial charge in [-0.2, -0.15) is 4.91 Å². The number of carboxylic acid groups (broad SMARTS) is 1. The van der Waals surface area contributed by atoms with Gasteiger partial charge in [-0.15, -0.1) is 0 Å². The second-order valence-corrected chi connectivity index (χ2v) is 5.56. The van der Waals surface area contributed by atoms with Crippen molar-refractivity contribution in [2.45, 2.75) is 57.9 Å². The molecule has 0 aliphatic rings. The Morgan fingerprint density at radius 3 is 2.41 bits per heavy atom. The van der Waals surface area contributed by atoms with Gasteiger partial charge in [0, 0.05) is 12.2 Å². The molecule has 1 aromatic rings. The van der Waals surface area contributed by atoms with E-state index in [4.69, 9.17) is 5.11 Å². The van der Waals surface area contributed by atoms with Crippen molar-refractivity contribution in [2.75, 3.05) is 11.9 Å². The molecule has 2 N–H and O–H groups in total. The van der Waals surface area contributed by atoms with Gasteiger partial charge in [-0.1, -0.05) is 44.2 Å². The highest BCUT2D eigenvalue weighted by atomic mass is 16.4. The highest BCUT2D eigenvalue weighted by Gasteiger charge is 2.08. The maximum atomic E-state index is 10.8. The van der Waals surface area contributed by atoms with Crippen LogP contribution < -0.4 is 5.32 Å². The number of hydrogen-bond acceptors (Lipinski definition) is 4. The monoisotopic (exact) mass is 306 g/mol. The molecule has 0 heterocycles. The second kappa shape index (κ2) is 10.8. The average molecular weight is 306 g/mol. The zero-order valence-electron chi connectivity index (χ0n) is 13.3. The highest BCUT2D eigenvalue weighted by molar-refractivity contribution is 5.87. The standard InChI is InChI=1S/C17H26N2O3/c1-2-3-4-5-6-7-16(19-22)12-13-18-15-10-8-14(9-11-15)17(20)21/h8-11,16,18H,2-7,12-13H2,1H3,(H,20,21). The van der Waals surface area contributed by atoms with E-state index in [2.05, 4.69) is 17.4 Å². The number of nitrogens with zero attached hydrogens (tertiary/aromatic N) is 1. The lowest BCUT2D eigenvalue weighted by Crippen LogP contribution is -2.11. The van der Waals surface area contributed by atoms with Crippen LogP contribution in [0.1, 0.15) is 62.2 Å². The number of carbonyl (C=O) groups is 1. The van der Waals surface area contributed by atoms with Crippen molar-refractivity contribution in [3.63, 3.8) is 0 Å². The van der Waals surface area contributed by atoms with Crippen molar-refractivity contribution in [1.82, 2.24) is 0 Å². The van der Waals surface area contributed by atoms with E-state index < -0.39 is 5.97 Å². The van der Waals surface area contributed by atoms with Crippen LogP contribution >= 0.6 is 0 Å². The van der Waals surface area contributed by atoms with E-state index in [0.29, 0.717) is 13.0 Å². The number of hydrogen-bond donors (Lipinski definition) is 2. The van der Waals surface area contributed by atoms with Crippen LogP contribution in [0.15, 0.2) is 29.4 Å². The molecule has 0 fully saturated rings. The number of rotatable bonds is 12. The summed E-state index contributed by atoms with van der Waals surface area (Å²) in [5.74, 6) is -0.931. The van der Waals surface area contributed by atoms with Gasteiger partial charge in [0.2, 0.25) is 0 Å². The number of benzene rings is 1. The fourth-order valence-electron chi connectivity index (χ4n) is 2.35. The number of aromatic carboxylic acids is 1. The van der Waals surface area contributed by atoms with E-state index in [0.717, 1.165) is 18.5 Å². The summed E-state index contributed by atoms with van der Waals surface area (Å²) >= 11 is 0. The van der Waals surface area contributed by atoms with Crippen LogP contribution in [0.3, 0.4) is 0 Å². The van der Waals surface area contributed by atoms with Crippen molar-refractivity contribution < 1.29 is 9.90 Å². The molecule has 0 saturated heterocycles. The Kier molecular flexibility index (Phi) is 8.88. The van der Waals surface area contributed by atoms with E-state index in [9.17, 15) is 9.70 Å². The van der Waals surface area contributed by atoms with Gasteiger partial charge >= 0.3 is 5.97 Å². The zero-order chi connectivity index (χ0) is 16.2. The maximum Gasteiger partial charge on any atom is 0.335 e. The van der Waals surface area contributed by atoms with E-state index in [-0.39, 0.29) is 11.6 Å². The van der Waals surface area contributed by atoms with Crippen LogP contribution in [0, 0.1) is 4.91 Å². The number of carboxylic acids is 1. The van der Waals surface area contributed by atoms with Gasteiger partial charge in [-0.3, -0.25) is 0 Å². The molecule has 0 amide bonds. The number of nitroso groups, excluding NO2 is 1. The summed E-state index contributed by atoms with van der Waals surface area (Å²) < 4.78 is 0. The molecule has 0 aliphatic heterocycles. The first-order chi connectivity index (χ1) is 10.7. The smallest absolute Gasteiger partial charge is 0.335 e. The molecular formula is C17H26N2O3. The van der Waals surface area contributed by atoms with Gasteiger partial charge in [-0.25, -0.2) is 4.79 Å². The van der Waals surface area contributed by atoms with Crippen molar-refractivity contribution in [3.05, 3.63) is 34.7 Å². The molecule has 5 nitrogen and oxygen atoms in total. The summed E-state index contributed by atoms with van der Waals surface area (Å²) in [4.78, 5) is 21.6. The number of unbranched alkanes of at least 4 members (excludes halogenated alkanes) is 4. The summed E-state index contributed by atoms with van der Waals surface area (Å²) in [5, 5.41) is 15.2. The lowest BCUT2D eigenvalue weighted by molar-refractivity contribution is 0.0697. The molecule has 1 unspecified atom stereocenters. The Hall–Kier alpha value is -1.91. The first-order valence-electron chi connectivity index (χ1n) is 8.07. The van der Waals surface area contributed by atoms with Crippen molar-refractivity contribution >= 4 is 11.7 Å². The van der Waals surface area contributed by atoms with Crippen LogP contribution in [-0.4, -0.2) is 23.7 Å². The van der Waals surface area contributed by atoms with Crippen LogP contribution in [0.4, 0.5) is 5.69 Å². The molecular weight excluding hydrogens is 280 g/mol. The van der Waals surface area contributed by atoms with Crippen LogP contribution in [0.25, 0.3) is 0 Å². The molecule has 1 atom stereocenters. The minimum absolute atomic E-state index is 0.132. The van der Waals surface area contributed by atoms with Crippen LogP contribution in [0.5, 0.6) is 0 Å². The molecule has 0 saturated carbocycles. The molecule has 1 rings (SSSR count). The minimum Gasteiger partial charge on any atom is -0.478 e.